The first kappa shape index (κ1) is 9.00. The third kappa shape index (κ3) is 1.56. The predicted molar refractivity (Wildman–Crippen MR) is 50.7 cm³/mol. The monoisotopic (exact) mass is 165 g/mol. The molecule has 1 atom stereocenters. The number of aryl methyl sites for hydroxylation is 2. The van der Waals surface area contributed by atoms with E-state index in [9.17, 15) is 0 Å². The summed E-state index contributed by atoms with van der Waals surface area (Å²) < 4.78 is 0. The molecule has 0 aromatic carbocycles. The zero-order valence-electron chi connectivity index (χ0n) is 7.76. The molecular weight excluding hydrogens is 150 g/mol. The number of rotatable bonds is 1. The Bertz CT molecular complexity index is 269. The number of aromatic nitrogens is 1. The van der Waals surface area contributed by atoms with E-state index in [0.717, 1.165) is 16.8 Å². The minimum absolute atomic E-state index is 0.0260. The fourth-order valence-electron chi connectivity index (χ4n) is 1.56. The van der Waals surface area contributed by atoms with Crippen molar-refractivity contribution < 1.29 is 0 Å². The van der Waals surface area contributed by atoms with Crippen LogP contribution in [0.5, 0.6) is 0 Å². The van der Waals surface area contributed by atoms with Gasteiger partial charge in [-0.05, 0) is 38.0 Å². The maximum atomic E-state index is 5.78. The third-order valence-electron chi connectivity index (χ3n) is 1.93. The molecule has 4 N–H and O–H groups in total. The van der Waals surface area contributed by atoms with E-state index in [0.29, 0.717) is 5.82 Å². The molecule has 3 nitrogen and oxygen atoms in total. The van der Waals surface area contributed by atoms with Gasteiger partial charge < -0.3 is 11.5 Å². The Labute approximate surface area is 72.8 Å². The van der Waals surface area contributed by atoms with Gasteiger partial charge in [0.25, 0.3) is 0 Å². The predicted octanol–water partition coefficient (Wildman–Crippen LogP) is 1.30. The Kier molecular flexibility index (Phi) is 2.33. The van der Waals surface area contributed by atoms with E-state index in [2.05, 4.69) is 4.98 Å². The van der Waals surface area contributed by atoms with Crippen molar-refractivity contribution in [3.8, 4) is 0 Å². The van der Waals surface area contributed by atoms with Gasteiger partial charge >= 0.3 is 0 Å². The zero-order valence-corrected chi connectivity index (χ0v) is 7.76. The highest BCUT2D eigenvalue weighted by Crippen LogP contribution is 2.19. The van der Waals surface area contributed by atoms with Gasteiger partial charge in [-0.1, -0.05) is 0 Å². The van der Waals surface area contributed by atoms with Crippen molar-refractivity contribution in [2.24, 2.45) is 5.73 Å². The summed E-state index contributed by atoms with van der Waals surface area (Å²) in [6.07, 6.45) is 0. The van der Waals surface area contributed by atoms with Gasteiger partial charge in [0.1, 0.15) is 5.82 Å². The molecule has 1 aromatic heterocycles. The molecule has 1 unspecified atom stereocenters. The first-order valence-corrected chi connectivity index (χ1v) is 4.01. The molecule has 12 heavy (non-hydrogen) atoms. The SMILES string of the molecule is Cc1cc(N)nc(C)c1C(C)N. The number of nitrogens with zero attached hydrogens (tertiary/aromatic N) is 1. The Morgan fingerprint density at radius 3 is 2.42 bits per heavy atom. The second-order valence-corrected chi connectivity index (χ2v) is 3.15. The van der Waals surface area contributed by atoms with Crippen molar-refractivity contribution in [1.82, 2.24) is 4.98 Å². The summed E-state index contributed by atoms with van der Waals surface area (Å²) >= 11 is 0. The summed E-state index contributed by atoms with van der Waals surface area (Å²) in [5.74, 6) is 0.564. The summed E-state index contributed by atoms with van der Waals surface area (Å²) in [7, 11) is 0. The van der Waals surface area contributed by atoms with Crippen molar-refractivity contribution in [2.45, 2.75) is 26.8 Å². The molecule has 0 radical (unpaired) electrons. The van der Waals surface area contributed by atoms with Crippen LogP contribution in [-0.4, -0.2) is 4.98 Å². The fourth-order valence-corrected chi connectivity index (χ4v) is 1.56. The maximum Gasteiger partial charge on any atom is 0.123 e. The average Bonchev–Trinajstić information content (AvgIpc) is 1.82. The lowest BCUT2D eigenvalue weighted by Crippen LogP contribution is -2.11. The summed E-state index contributed by atoms with van der Waals surface area (Å²) in [6.45, 7) is 5.89. The fraction of sp³-hybridized carbons (Fsp3) is 0.444. The summed E-state index contributed by atoms with van der Waals surface area (Å²) in [5, 5.41) is 0. The third-order valence-corrected chi connectivity index (χ3v) is 1.93. The standard InChI is InChI=1S/C9H15N3/c1-5-4-8(11)12-7(3)9(5)6(2)10/h4,6H,10H2,1-3H3,(H2,11,12). The number of nitrogen functional groups attached to an aromatic ring is 1. The molecule has 0 aliphatic carbocycles. The zero-order chi connectivity index (χ0) is 9.30. The first-order chi connectivity index (χ1) is 5.52. The number of pyridine rings is 1. The Hall–Kier alpha value is -1.09. The van der Waals surface area contributed by atoms with Gasteiger partial charge in [0.05, 0.1) is 0 Å². The van der Waals surface area contributed by atoms with E-state index in [1.165, 1.54) is 0 Å². The van der Waals surface area contributed by atoms with Crippen LogP contribution in [0.2, 0.25) is 0 Å². The van der Waals surface area contributed by atoms with Crippen molar-refractivity contribution in [3.05, 3.63) is 22.9 Å². The summed E-state index contributed by atoms with van der Waals surface area (Å²) in [5.41, 5.74) is 14.5. The van der Waals surface area contributed by atoms with Gasteiger partial charge in [0.2, 0.25) is 0 Å². The normalized spacial score (nSPS) is 13.0. The molecule has 66 valence electrons. The largest absolute Gasteiger partial charge is 0.384 e. The minimum atomic E-state index is 0.0260. The van der Waals surface area contributed by atoms with Crippen molar-refractivity contribution >= 4 is 5.82 Å². The van der Waals surface area contributed by atoms with E-state index >= 15 is 0 Å². The second-order valence-electron chi connectivity index (χ2n) is 3.15. The molecule has 0 fully saturated rings. The van der Waals surface area contributed by atoms with Gasteiger partial charge in [0, 0.05) is 11.7 Å². The molecule has 0 saturated carbocycles. The smallest absolute Gasteiger partial charge is 0.123 e. The van der Waals surface area contributed by atoms with Gasteiger partial charge in [-0.2, -0.15) is 0 Å². The topological polar surface area (TPSA) is 64.9 Å². The molecule has 0 amide bonds. The van der Waals surface area contributed by atoms with E-state index in [1.807, 2.05) is 26.8 Å². The minimum Gasteiger partial charge on any atom is -0.384 e. The highest BCUT2D eigenvalue weighted by atomic mass is 14.8. The van der Waals surface area contributed by atoms with Crippen LogP contribution in [0.3, 0.4) is 0 Å². The lowest BCUT2D eigenvalue weighted by molar-refractivity contribution is 0.791. The van der Waals surface area contributed by atoms with Crippen LogP contribution in [-0.2, 0) is 0 Å². The Morgan fingerprint density at radius 1 is 1.42 bits per heavy atom. The van der Waals surface area contributed by atoms with E-state index < -0.39 is 0 Å². The average molecular weight is 165 g/mol. The Balaban J connectivity index is 3.28. The number of anilines is 1. The van der Waals surface area contributed by atoms with Crippen LogP contribution < -0.4 is 11.5 Å². The molecule has 1 heterocycles. The molecule has 0 aliphatic heterocycles. The molecule has 1 rings (SSSR count). The second kappa shape index (κ2) is 3.11. The molecule has 0 aliphatic rings. The van der Waals surface area contributed by atoms with Crippen LogP contribution >= 0.6 is 0 Å². The molecule has 3 heteroatoms. The summed E-state index contributed by atoms with van der Waals surface area (Å²) in [6, 6.07) is 1.88. The maximum absolute atomic E-state index is 5.78. The quantitative estimate of drug-likeness (QED) is 0.659. The lowest BCUT2D eigenvalue weighted by Gasteiger charge is -2.12. The van der Waals surface area contributed by atoms with Crippen LogP contribution in [0, 0.1) is 13.8 Å². The molecule has 0 bridgehead atoms. The highest BCUT2D eigenvalue weighted by Gasteiger charge is 2.08. The number of nitrogens with two attached hydrogens (primary N) is 2. The highest BCUT2D eigenvalue weighted by molar-refractivity contribution is 5.41. The van der Waals surface area contributed by atoms with Crippen molar-refractivity contribution in [1.29, 1.82) is 0 Å². The molecule has 1 aromatic rings. The molecule has 0 spiro atoms. The van der Waals surface area contributed by atoms with Crippen LogP contribution in [0.25, 0.3) is 0 Å². The lowest BCUT2D eigenvalue weighted by atomic mass is 10.0. The van der Waals surface area contributed by atoms with Gasteiger partial charge in [-0.25, -0.2) is 4.98 Å². The Morgan fingerprint density at radius 2 is 2.00 bits per heavy atom. The van der Waals surface area contributed by atoms with E-state index in [4.69, 9.17) is 11.5 Å². The van der Waals surface area contributed by atoms with Crippen LogP contribution in [0.1, 0.15) is 29.8 Å². The number of hydrogen-bond donors (Lipinski definition) is 2. The van der Waals surface area contributed by atoms with Gasteiger partial charge in [0.15, 0.2) is 0 Å². The van der Waals surface area contributed by atoms with Crippen LogP contribution in [0.4, 0.5) is 5.82 Å². The van der Waals surface area contributed by atoms with Crippen LogP contribution in [0.15, 0.2) is 6.07 Å². The van der Waals surface area contributed by atoms with E-state index in [1.54, 1.807) is 0 Å². The number of hydrogen-bond acceptors (Lipinski definition) is 3. The van der Waals surface area contributed by atoms with Gasteiger partial charge in [-0.15, -0.1) is 0 Å². The van der Waals surface area contributed by atoms with Gasteiger partial charge in [-0.3, -0.25) is 0 Å². The van der Waals surface area contributed by atoms with Crippen molar-refractivity contribution in [3.63, 3.8) is 0 Å². The summed E-state index contributed by atoms with van der Waals surface area (Å²) in [4.78, 5) is 4.15. The molecule has 0 saturated heterocycles. The van der Waals surface area contributed by atoms with Crippen molar-refractivity contribution in [2.75, 3.05) is 5.73 Å². The molecular formula is C9H15N3. The van der Waals surface area contributed by atoms with E-state index in [-0.39, 0.29) is 6.04 Å². The first-order valence-electron chi connectivity index (χ1n) is 4.01.